The van der Waals surface area contributed by atoms with Crippen LogP contribution in [0.4, 0.5) is 0 Å². The Hall–Kier alpha value is -2.49. The van der Waals surface area contributed by atoms with E-state index in [1.807, 2.05) is 0 Å². The third-order valence-electron chi connectivity index (χ3n) is 4.40. The van der Waals surface area contributed by atoms with Gasteiger partial charge in [0.15, 0.2) is 0 Å². The predicted octanol–water partition coefficient (Wildman–Crippen LogP) is 1.13. The molecule has 1 saturated heterocycles. The van der Waals surface area contributed by atoms with Gasteiger partial charge in [-0.05, 0) is 30.2 Å². The van der Waals surface area contributed by atoms with Crippen LogP contribution in [0, 0.1) is 0 Å². The molecule has 1 unspecified atom stereocenters. The third-order valence-corrected chi connectivity index (χ3v) is 5.70. The molecule has 0 spiro atoms. The van der Waals surface area contributed by atoms with E-state index < -0.39 is 35.2 Å². The molecule has 8 nitrogen and oxygen atoms in total. The molecule has 0 bridgehead atoms. The molecular formula is C18H20ClN3O5S. The summed E-state index contributed by atoms with van der Waals surface area (Å²) in [6, 6.07) is 4.06. The number of hydrogen-bond donors (Lipinski definition) is 4. The molecule has 1 fully saturated rings. The van der Waals surface area contributed by atoms with E-state index in [2.05, 4.69) is 5.32 Å². The molecule has 0 aromatic heterocycles. The molecular weight excluding hydrogens is 406 g/mol. The Kier molecular flexibility index (Phi) is 6.76. The van der Waals surface area contributed by atoms with E-state index in [1.54, 1.807) is 19.1 Å². The number of allylic oxidation sites excluding steroid dienone is 2. The highest BCUT2D eigenvalue weighted by molar-refractivity contribution is 8.00. The minimum absolute atomic E-state index is 0. The van der Waals surface area contributed by atoms with E-state index >= 15 is 0 Å². The number of benzene rings is 1. The van der Waals surface area contributed by atoms with Crippen molar-refractivity contribution < 1.29 is 24.6 Å². The SMILES string of the molecule is C/C=C/C1=C(C(=O)O)N2C(=O)[C@@H](NC(=O)C(N)c3ccc(O)cc3)[C@H]2SC1.Cl. The highest BCUT2D eigenvalue weighted by Gasteiger charge is 2.54. The normalized spacial score (nSPS) is 22.2. The Morgan fingerprint density at radius 1 is 1.36 bits per heavy atom. The fourth-order valence-corrected chi connectivity index (χ4v) is 4.37. The van der Waals surface area contributed by atoms with Crippen LogP contribution in [-0.4, -0.2) is 50.1 Å². The molecule has 5 N–H and O–H groups in total. The number of fused-ring (bicyclic) bond motifs is 1. The molecule has 0 aliphatic carbocycles. The fraction of sp³-hybridized carbons (Fsp3) is 0.278. The number of thioether (sulfide) groups is 1. The minimum atomic E-state index is -1.17. The second-order valence-electron chi connectivity index (χ2n) is 6.14. The Bertz CT molecular complexity index is 855. The van der Waals surface area contributed by atoms with Crippen molar-refractivity contribution in [3.63, 3.8) is 0 Å². The first-order valence-electron chi connectivity index (χ1n) is 8.24. The molecule has 2 heterocycles. The Morgan fingerprint density at radius 2 is 2.00 bits per heavy atom. The number of aromatic hydroxyl groups is 1. The Labute approximate surface area is 171 Å². The van der Waals surface area contributed by atoms with Gasteiger partial charge in [-0.15, -0.1) is 24.2 Å². The van der Waals surface area contributed by atoms with Gasteiger partial charge in [0.25, 0.3) is 5.91 Å². The molecule has 3 atom stereocenters. The second kappa shape index (κ2) is 8.68. The van der Waals surface area contributed by atoms with Crippen LogP contribution in [0.5, 0.6) is 5.75 Å². The molecule has 1 aromatic carbocycles. The first-order valence-corrected chi connectivity index (χ1v) is 9.28. The summed E-state index contributed by atoms with van der Waals surface area (Å²) >= 11 is 1.39. The summed E-state index contributed by atoms with van der Waals surface area (Å²) in [4.78, 5) is 37.7. The van der Waals surface area contributed by atoms with Crippen molar-refractivity contribution in [2.45, 2.75) is 24.4 Å². The van der Waals surface area contributed by atoms with Gasteiger partial charge in [-0.3, -0.25) is 14.5 Å². The largest absolute Gasteiger partial charge is 0.508 e. The van der Waals surface area contributed by atoms with Crippen molar-refractivity contribution >= 4 is 42.0 Å². The number of carboxylic acids is 1. The first kappa shape index (κ1) is 21.8. The van der Waals surface area contributed by atoms with Crippen molar-refractivity contribution in [1.82, 2.24) is 10.2 Å². The van der Waals surface area contributed by atoms with Crippen LogP contribution in [0.3, 0.4) is 0 Å². The topological polar surface area (TPSA) is 133 Å². The van der Waals surface area contributed by atoms with Crippen molar-refractivity contribution in [3.8, 4) is 5.75 Å². The van der Waals surface area contributed by atoms with Crippen molar-refractivity contribution in [1.29, 1.82) is 0 Å². The predicted molar refractivity (Wildman–Crippen MR) is 107 cm³/mol. The quantitative estimate of drug-likeness (QED) is 0.519. The number of carboxylic acid groups (broad SMARTS) is 1. The van der Waals surface area contributed by atoms with E-state index in [1.165, 1.54) is 40.9 Å². The number of carbonyl (C=O) groups is 3. The number of phenolic OH excluding ortho intramolecular Hbond substituents is 1. The zero-order valence-corrected chi connectivity index (χ0v) is 16.5. The maximum atomic E-state index is 12.5. The van der Waals surface area contributed by atoms with Gasteiger partial charge >= 0.3 is 5.97 Å². The lowest BCUT2D eigenvalue weighted by Gasteiger charge is -2.49. The molecule has 3 rings (SSSR count). The molecule has 28 heavy (non-hydrogen) atoms. The smallest absolute Gasteiger partial charge is 0.352 e. The highest BCUT2D eigenvalue weighted by atomic mass is 35.5. The average molecular weight is 426 g/mol. The molecule has 2 aliphatic heterocycles. The summed E-state index contributed by atoms with van der Waals surface area (Å²) in [7, 11) is 0. The monoisotopic (exact) mass is 425 g/mol. The van der Waals surface area contributed by atoms with E-state index in [9.17, 15) is 24.6 Å². The van der Waals surface area contributed by atoms with Gasteiger partial charge in [0.1, 0.15) is 28.9 Å². The van der Waals surface area contributed by atoms with Gasteiger partial charge in [0, 0.05) is 5.75 Å². The Morgan fingerprint density at radius 3 is 2.57 bits per heavy atom. The van der Waals surface area contributed by atoms with E-state index in [0.717, 1.165) is 0 Å². The summed E-state index contributed by atoms with van der Waals surface area (Å²) < 4.78 is 0. The van der Waals surface area contributed by atoms with Gasteiger partial charge in [-0.2, -0.15) is 0 Å². The Balaban J connectivity index is 0.00000280. The van der Waals surface area contributed by atoms with Crippen molar-refractivity contribution in [3.05, 3.63) is 53.3 Å². The van der Waals surface area contributed by atoms with Gasteiger partial charge in [0.05, 0.1) is 0 Å². The first-order chi connectivity index (χ1) is 12.8. The van der Waals surface area contributed by atoms with Crippen molar-refractivity contribution in [2.75, 3.05) is 5.75 Å². The van der Waals surface area contributed by atoms with Crippen LogP contribution < -0.4 is 11.1 Å². The maximum Gasteiger partial charge on any atom is 0.352 e. The zero-order valence-electron chi connectivity index (χ0n) is 14.9. The number of aliphatic carboxylic acids is 1. The summed E-state index contributed by atoms with van der Waals surface area (Å²) in [5, 5.41) is 20.9. The van der Waals surface area contributed by atoms with E-state index in [0.29, 0.717) is 16.9 Å². The maximum absolute atomic E-state index is 12.5. The lowest BCUT2D eigenvalue weighted by molar-refractivity contribution is -0.150. The van der Waals surface area contributed by atoms with Crippen LogP contribution in [-0.2, 0) is 14.4 Å². The van der Waals surface area contributed by atoms with Gasteiger partial charge in [0.2, 0.25) is 5.91 Å². The van der Waals surface area contributed by atoms with Gasteiger partial charge < -0.3 is 21.3 Å². The van der Waals surface area contributed by atoms with Crippen LogP contribution >= 0.6 is 24.2 Å². The van der Waals surface area contributed by atoms with Crippen LogP contribution in [0.25, 0.3) is 0 Å². The third kappa shape index (κ3) is 3.87. The molecule has 0 radical (unpaired) electrons. The summed E-state index contributed by atoms with van der Waals surface area (Å²) in [6.45, 7) is 1.77. The zero-order chi connectivity index (χ0) is 19.7. The number of nitrogens with two attached hydrogens (primary N) is 1. The molecule has 0 saturated carbocycles. The second-order valence-corrected chi connectivity index (χ2v) is 7.25. The standard InChI is InChI=1S/C18H19N3O5S.ClH/c1-2-3-10-8-27-17-13(16(24)21(17)14(10)18(25)26)20-15(23)12(19)9-4-6-11(22)7-5-9;/h2-7,12-13,17,22H,8,19H2,1H3,(H,20,23)(H,25,26);1H/b3-2+;/t12?,13-,17-;/m1./s1. The minimum Gasteiger partial charge on any atom is -0.508 e. The average Bonchev–Trinajstić information content (AvgIpc) is 2.65. The number of hydrogen-bond acceptors (Lipinski definition) is 6. The van der Waals surface area contributed by atoms with Crippen molar-refractivity contribution in [2.24, 2.45) is 5.73 Å². The molecule has 150 valence electrons. The number of rotatable bonds is 5. The lowest BCUT2D eigenvalue weighted by atomic mass is 10.0. The molecule has 10 heteroatoms. The van der Waals surface area contributed by atoms with Crippen LogP contribution in [0.15, 0.2) is 47.7 Å². The summed E-state index contributed by atoms with van der Waals surface area (Å²) in [6.07, 6.45) is 3.39. The number of amides is 2. The van der Waals surface area contributed by atoms with E-state index in [4.69, 9.17) is 5.73 Å². The lowest BCUT2D eigenvalue weighted by Crippen LogP contribution is -2.71. The summed E-state index contributed by atoms with van der Waals surface area (Å²) in [5.74, 6) is -1.71. The van der Waals surface area contributed by atoms with E-state index in [-0.39, 0.29) is 23.9 Å². The number of nitrogens with zero attached hydrogens (tertiary/aromatic N) is 1. The molecule has 2 amide bonds. The van der Waals surface area contributed by atoms with Gasteiger partial charge in [-0.25, -0.2) is 4.79 Å². The fourth-order valence-electron chi connectivity index (χ4n) is 3.05. The van der Waals surface area contributed by atoms with Crippen LogP contribution in [0.2, 0.25) is 0 Å². The highest BCUT2D eigenvalue weighted by Crippen LogP contribution is 2.40. The number of halogens is 1. The number of β-lactam (4-membered cyclic amide) rings is 1. The molecule has 1 aromatic rings. The number of phenols is 1. The number of nitrogens with one attached hydrogen (secondary N) is 1. The summed E-state index contributed by atoms with van der Waals surface area (Å²) in [5.41, 5.74) is 6.93. The van der Waals surface area contributed by atoms with Crippen LogP contribution in [0.1, 0.15) is 18.5 Å². The van der Waals surface area contributed by atoms with Gasteiger partial charge in [-0.1, -0.05) is 24.3 Å². The molecule has 2 aliphatic rings. The number of carbonyl (C=O) groups excluding carboxylic acids is 2.